The van der Waals surface area contributed by atoms with Crippen LogP contribution < -0.4 is 9.21 Å². The Morgan fingerprint density at radius 3 is 2.03 bits per heavy atom. The highest BCUT2D eigenvalue weighted by molar-refractivity contribution is 7.92. The molecule has 0 aliphatic heterocycles. The third-order valence-electron chi connectivity index (χ3n) is 4.79. The number of amides is 1. The number of sulfonamides is 1. The number of carbonyl (C=O) groups is 2. The Labute approximate surface area is 192 Å². The molecule has 0 radical (unpaired) electrons. The molecule has 0 fully saturated rings. The minimum absolute atomic E-state index is 0.195. The van der Waals surface area contributed by atoms with Gasteiger partial charge < -0.3 is 4.74 Å². The van der Waals surface area contributed by atoms with E-state index in [1.807, 2.05) is 6.07 Å². The largest absolute Gasteiger partial charge is 0.452 e. The topological polar surface area (TPSA) is 108 Å². The molecule has 0 aliphatic carbocycles. The van der Waals surface area contributed by atoms with Crippen molar-refractivity contribution >= 4 is 33.3 Å². The lowest BCUT2D eigenvalue weighted by Crippen LogP contribution is -2.35. The molecule has 0 saturated heterocycles. The molecular weight excluding hydrogens is 442 g/mol. The summed E-state index contributed by atoms with van der Waals surface area (Å²) in [7, 11) is -2.70. The van der Waals surface area contributed by atoms with Crippen LogP contribution in [0, 0.1) is 11.3 Å². The Morgan fingerprint density at radius 2 is 1.42 bits per heavy atom. The summed E-state index contributed by atoms with van der Waals surface area (Å²) >= 11 is 0. The molecule has 0 aliphatic rings. The van der Waals surface area contributed by atoms with Gasteiger partial charge in [-0.2, -0.15) is 5.26 Å². The predicted molar refractivity (Wildman–Crippen MR) is 123 cm³/mol. The van der Waals surface area contributed by atoms with Crippen LogP contribution in [0.3, 0.4) is 0 Å². The van der Waals surface area contributed by atoms with Crippen molar-refractivity contribution in [2.45, 2.75) is 4.90 Å². The van der Waals surface area contributed by atoms with Gasteiger partial charge in [-0.15, -0.1) is 0 Å². The number of hydrogen-bond acceptors (Lipinski definition) is 6. The molecule has 8 nitrogen and oxygen atoms in total. The van der Waals surface area contributed by atoms with Crippen LogP contribution in [0.15, 0.2) is 89.8 Å². The molecule has 168 valence electrons. The van der Waals surface area contributed by atoms with Gasteiger partial charge in [0.1, 0.15) is 11.4 Å². The molecule has 3 aromatic rings. The molecule has 0 bridgehead atoms. The highest BCUT2D eigenvalue weighted by Gasteiger charge is 2.28. The normalized spacial score (nSPS) is 10.7. The second kappa shape index (κ2) is 10.4. The summed E-state index contributed by atoms with van der Waals surface area (Å²) in [5, 5.41) is 9.05. The van der Waals surface area contributed by atoms with Gasteiger partial charge in [-0.3, -0.25) is 14.0 Å². The van der Waals surface area contributed by atoms with E-state index in [1.165, 1.54) is 36.2 Å². The van der Waals surface area contributed by atoms with Crippen LogP contribution >= 0.6 is 0 Å². The first-order valence-electron chi connectivity index (χ1n) is 9.88. The van der Waals surface area contributed by atoms with Crippen LogP contribution in [0.4, 0.5) is 11.4 Å². The molecule has 33 heavy (non-hydrogen) atoms. The van der Waals surface area contributed by atoms with E-state index in [2.05, 4.69) is 0 Å². The molecule has 0 aromatic heterocycles. The summed E-state index contributed by atoms with van der Waals surface area (Å²) < 4.78 is 32.6. The summed E-state index contributed by atoms with van der Waals surface area (Å²) in [6, 6.07) is 24.4. The van der Waals surface area contributed by atoms with E-state index in [9.17, 15) is 18.0 Å². The van der Waals surface area contributed by atoms with Gasteiger partial charge >= 0.3 is 5.97 Å². The smallest absolute Gasteiger partial charge is 0.340 e. The van der Waals surface area contributed by atoms with Crippen molar-refractivity contribution in [3.05, 3.63) is 90.5 Å². The maximum atomic E-state index is 13.2. The Kier molecular flexibility index (Phi) is 7.43. The number of anilines is 2. The molecule has 0 spiro atoms. The summed E-state index contributed by atoms with van der Waals surface area (Å²) in [6.07, 6.45) is 0. The fourth-order valence-electron chi connectivity index (χ4n) is 3.07. The molecule has 0 unspecified atom stereocenters. The van der Waals surface area contributed by atoms with Crippen molar-refractivity contribution in [1.29, 1.82) is 5.26 Å². The van der Waals surface area contributed by atoms with E-state index in [0.29, 0.717) is 11.4 Å². The highest BCUT2D eigenvalue weighted by atomic mass is 32.2. The summed E-state index contributed by atoms with van der Waals surface area (Å²) in [5.41, 5.74) is 0.707. The second-order valence-electron chi connectivity index (χ2n) is 6.85. The second-order valence-corrected chi connectivity index (χ2v) is 8.79. The molecule has 3 rings (SSSR count). The number of ether oxygens (including phenoxy) is 1. The quantitative estimate of drug-likeness (QED) is 0.375. The van der Waals surface area contributed by atoms with Crippen LogP contribution in [0.5, 0.6) is 0 Å². The fourth-order valence-corrected chi connectivity index (χ4v) is 4.44. The first-order valence-corrected chi connectivity index (χ1v) is 11.3. The van der Waals surface area contributed by atoms with Crippen molar-refractivity contribution in [2.24, 2.45) is 0 Å². The van der Waals surface area contributed by atoms with Gasteiger partial charge in [0.2, 0.25) is 0 Å². The minimum atomic E-state index is -4.08. The van der Waals surface area contributed by atoms with Crippen LogP contribution in [-0.4, -0.2) is 40.5 Å². The highest BCUT2D eigenvalue weighted by Crippen LogP contribution is 2.25. The van der Waals surface area contributed by atoms with E-state index < -0.39 is 28.5 Å². The lowest BCUT2D eigenvalue weighted by Gasteiger charge is -2.21. The van der Waals surface area contributed by atoms with Crippen LogP contribution in [-0.2, 0) is 19.6 Å². The van der Waals surface area contributed by atoms with Gasteiger partial charge in [0.15, 0.2) is 6.61 Å². The zero-order valence-electron chi connectivity index (χ0n) is 17.8. The maximum absolute atomic E-state index is 13.2. The summed E-state index contributed by atoms with van der Waals surface area (Å²) in [4.78, 5) is 26.3. The number of nitrogens with zero attached hydrogens (tertiary/aromatic N) is 3. The lowest BCUT2D eigenvalue weighted by molar-refractivity contribution is -0.121. The van der Waals surface area contributed by atoms with E-state index in [-0.39, 0.29) is 17.0 Å². The molecule has 0 heterocycles. The molecule has 0 N–H and O–H groups in total. The fraction of sp³-hybridized carbons (Fsp3) is 0.125. The van der Waals surface area contributed by atoms with E-state index in [1.54, 1.807) is 60.7 Å². The van der Waals surface area contributed by atoms with Crippen molar-refractivity contribution < 1.29 is 22.7 Å². The van der Waals surface area contributed by atoms with Crippen LogP contribution in [0.1, 0.15) is 10.4 Å². The Hall–Kier alpha value is -4.16. The van der Waals surface area contributed by atoms with Gasteiger partial charge in [-0.25, -0.2) is 13.2 Å². The van der Waals surface area contributed by atoms with Crippen molar-refractivity contribution in [3.63, 3.8) is 0 Å². The van der Waals surface area contributed by atoms with Crippen molar-refractivity contribution in [3.8, 4) is 6.07 Å². The molecular formula is C24H21N3O5S. The number of para-hydroxylation sites is 2. The number of esters is 1. The van der Waals surface area contributed by atoms with E-state index in [4.69, 9.17) is 10.00 Å². The van der Waals surface area contributed by atoms with E-state index in [0.717, 1.165) is 4.31 Å². The first kappa shape index (κ1) is 23.5. The van der Waals surface area contributed by atoms with Gasteiger partial charge in [0.25, 0.3) is 15.9 Å². The summed E-state index contributed by atoms with van der Waals surface area (Å²) in [6.45, 7) is -0.883. The SMILES string of the molecule is CN(c1ccccc1)S(=O)(=O)c1ccccc1C(=O)OCC(=O)N(CC#N)c1ccccc1. The van der Waals surface area contributed by atoms with Gasteiger partial charge in [-0.05, 0) is 36.4 Å². The van der Waals surface area contributed by atoms with Gasteiger partial charge in [0.05, 0.1) is 17.3 Å². The average molecular weight is 464 g/mol. The monoisotopic (exact) mass is 463 g/mol. The zero-order chi connectivity index (χ0) is 23.8. The Bertz CT molecular complexity index is 1270. The predicted octanol–water partition coefficient (Wildman–Crippen LogP) is 3.23. The number of nitriles is 1. The maximum Gasteiger partial charge on any atom is 0.340 e. The Morgan fingerprint density at radius 1 is 0.879 bits per heavy atom. The molecule has 0 atom stereocenters. The number of carbonyl (C=O) groups excluding carboxylic acids is 2. The molecule has 1 amide bonds. The van der Waals surface area contributed by atoms with E-state index >= 15 is 0 Å². The minimum Gasteiger partial charge on any atom is -0.452 e. The van der Waals surface area contributed by atoms with Crippen LogP contribution in [0.25, 0.3) is 0 Å². The summed E-state index contributed by atoms with van der Waals surface area (Å²) in [5.74, 6) is -1.58. The number of rotatable bonds is 8. The zero-order valence-corrected chi connectivity index (χ0v) is 18.6. The average Bonchev–Trinajstić information content (AvgIpc) is 2.86. The molecule has 9 heteroatoms. The third-order valence-corrected chi connectivity index (χ3v) is 6.63. The lowest BCUT2D eigenvalue weighted by atomic mass is 10.2. The van der Waals surface area contributed by atoms with Crippen molar-refractivity contribution in [1.82, 2.24) is 0 Å². The Balaban J connectivity index is 1.80. The van der Waals surface area contributed by atoms with Gasteiger partial charge in [-0.1, -0.05) is 48.5 Å². The number of benzene rings is 3. The van der Waals surface area contributed by atoms with Gasteiger partial charge in [0, 0.05) is 12.7 Å². The third kappa shape index (κ3) is 5.37. The van der Waals surface area contributed by atoms with Crippen LogP contribution in [0.2, 0.25) is 0 Å². The molecule has 0 saturated carbocycles. The van der Waals surface area contributed by atoms with Crippen molar-refractivity contribution in [2.75, 3.05) is 29.4 Å². The first-order chi connectivity index (χ1) is 15.9. The number of hydrogen-bond donors (Lipinski definition) is 0. The standard InChI is InChI=1S/C24H21N3O5S/c1-26(19-10-4-2-5-11-19)33(30,31)22-15-9-8-14-21(22)24(29)32-18-23(28)27(17-16-25)20-12-6-3-7-13-20/h2-15H,17-18H2,1H3. The molecule has 3 aromatic carbocycles.